The van der Waals surface area contributed by atoms with Gasteiger partial charge in [0.05, 0.1) is 6.61 Å². The first kappa shape index (κ1) is 12.3. The van der Waals surface area contributed by atoms with E-state index < -0.39 is 0 Å². The molecular formula is C13H26N2O. The number of ether oxygens (including phenoxy) is 1. The molecule has 2 unspecified atom stereocenters. The average Bonchev–Trinajstić information content (AvgIpc) is 2.33. The van der Waals surface area contributed by atoms with Gasteiger partial charge in [-0.3, -0.25) is 5.32 Å². The summed E-state index contributed by atoms with van der Waals surface area (Å²) in [4.78, 5) is 2.53. The Bertz CT molecular complexity index is 216. The molecule has 0 saturated carbocycles. The minimum absolute atomic E-state index is 0.0632. The molecule has 1 N–H and O–H groups in total. The Morgan fingerprint density at radius 1 is 1.38 bits per heavy atom. The Labute approximate surface area is 99.5 Å². The molecule has 0 aromatic heterocycles. The second-order valence-corrected chi connectivity index (χ2v) is 5.61. The number of nitrogens with one attached hydrogen (secondary N) is 1. The molecule has 0 aromatic rings. The van der Waals surface area contributed by atoms with Crippen LogP contribution >= 0.6 is 0 Å². The molecule has 3 nitrogen and oxygen atoms in total. The maximum absolute atomic E-state index is 6.06. The van der Waals surface area contributed by atoms with Crippen LogP contribution in [0.1, 0.15) is 33.6 Å². The lowest BCUT2D eigenvalue weighted by atomic mass is 9.86. The predicted octanol–water partition coefficient (Wildman–Crippen LogP) is 1.69. The molecule has 3 heteroatoms. The number of hydrogen-bond donors (Lipinski definition) is 1. The number of rotatable bonds is 2. The van der Waals surface area contributed by atoms with Gasteiger partial charge in [0.1, 0.15) is 5.72 Å². The third-order valence-corrected chi connectivity index (χ3v) is 4.28. The van der Waals surface area contributed by atoms with Crippen molar-refractivity contribution in [1.29, 1.82) is 0 Å². The summed E-state index contributed by atoms with van der Waals surface area (Å²) >= 11 is 0. The molecule has 2 aliphatic heterocycles. The van der Waals surface area contributed by atoms with E-state index >= 15 is 0 Å². The molecule has 2 aliphatic rings. The van der Waals surface area contributed by atoms with E-state index in [9.17, 15) is 0 Å². The quantitative estimate of drug-likeness (QED) is 0.775. The first-order valence-electron chi connectivity index (χ1n) is 6.75. The lowest BCUT2D eigenvalue weighted by Gasteiger charge is -2.46. The number of hydrogen-bond acceptors (Lipinski definition) is 3. The summed E-state index contributed by atoms with van der Waals surface area (Å²) in [7, 11) is 0. The van der Waals surface area contributed by atoms with E-state index in [1.165, 1.54) is 32.5 Å². The summed E-state index contributed by atoms with van der Waals surface area (Å²) in [6, 6.07) is 0. The minimum Gasteiger partial charge on any atom is -0.360 e. The molecule has 2 rings (SSSR count). The molecule has 94 valence electrons. The summed E-state index contributed by atoms with van der Waals surface area (Å²) in [6.07, 6.45) is 2.54. The maximum Gasteiger partial charge on any atom is 0.119 e. The van der Waals surface area contributed by atoms with Crippen LogP contribution < -0.4 is 5.32 Å². The molecule has 2 heterocycles. The summed E-state index contributed by atoms with van der Waals surface area (Å²) < 4.78 is 6.06. The van der Waals surface area contributed by atoms with Gasteiger partial charge in [-0.05, 0) is 45.3 Å². The Morgan fingerprint density at radius 2 is 2.06 bits per heavy atom. The van der Waals surface area contributed by atoms with Gasteiger partial charge in [-0.15, -0.1) is 0 Å². The number of nitrogens with zero attached hydrogens (tertiary/aromatic N) is 1. The highest BCUT2D eigenvalue weighted by molar-refractivity contribution is 4.88. The Hall–Kier alpha value is -0.120. The van der Waals surface area contributed by atoms with Crippen molar-refractivity contribution in [3.05, 3.63) is 0 Å². The van der Waals surface area contributed by atoms with E-state index in [2.05, 4.69) is 31.0 Å². The van der Waals surface area contributed by atoms with Crippen molar-refractivity contribution in [1.82, 2.24) is 10.2 Å². The lowest BCUT2D eigenvalue weighted by Crippen LogP contribution is -2.58. The zero-order chi connectivity index (χ0) is 11.6. The molecule has 0 spiro atoms. The van der Waals surface area contributed by atoms with Gasteiger partial charge < -0.3 is 9.64 Å². The van der Waals surface area contributed by atoms with Crippen molar-refractivity contribution in [2.24, 2.45) is 11.8 Å². The highest BCUT2D eigenvalue weighted by Gasteiger charge is 2.39. The van der Waals surface area contributed by atoms with Crippen molar-refractivity contribution in [3.63, 3.8) is 0 Å². The zero-order valence-electron chi connectivity index (χ0n) is 11.0. The van der Waals surface area contributed by atoms with E-state index in [1.54, 1.807) is 0 Å². The monoisotopic (exact) mass is 226 g/mol. The van der Waals surface area contributed by atoms with E-state index in [4.69, 9.17) is 4.74 Å². The van der Waals surface area contributed by atoms with Crippen molar-refractivity contribution in [2.75, 3.05) is 32.8 Å². The van der Waals surface area contributed by atoms with Gasteiger partial charge in [0.25, 0.3) is 0 Å². The third kappa shape index (κ3) is 2.58. The fourth-order valence-corrected chi connectivity index (χ4v) is 2.86. The topological polar surface area (TPSA) is 24.5 Å². The smallest absolute Gasteiger partial charge is 0.119 e. The number of piperidine rings is 1. The molecule has 0 aromatic carbocycles. The van der Waals surface area contributed by atoms with Crippen LogP contribution in [0.2, 0.25) is 0 Å². The van der Waals surface area contributed by atoms with Crippen LogP contribution in [0, 0.1) is 11.8 Å². The van der Waals surface area contributed by atoms with Gasteiger partial charge >= 0.3 is 0 Å². The van der Waals surface area contributed by atoms with Gasteiger partial charge in [0, 0.05) is 12.5 Å². The summed E-state index contributed by atoms with van der Waals surface area (Å²) in [6.45, 7) is 12.4. The molecular weight excluding hydrogens is 200 g/mol. The minimum atomic E-state index is -0.0632. The first-order valence-corrected chi connectivity index (χ1v) is 6.75. The predicted molar refractivity (Wildman–Crippen MR) is 66.4 cm³/mol. The van der Waals surface area contributed by atoms with E-state index in [0.717, 1.165) is 13.2 Å². The first-order chi connectivity index (χ1) is 7.64. The van der Waals surface area contributed by atoms with Crippen LogP contribution in [0.15, 0.2) is 0 Å². The maximum atomic E-state index is 6.06. The summed E-state index contributed by atoms with van der Waals surface area (Å²) in [5, 5.41) is 3.61. The van der Waals surface area contributed by atoms with Crippen LogP contribution in [-0.2, 0) is 4.74 Å². The highest BCUT2D eigenvalue weighted by Crippen LogP contribution is 2.31. The second kappa shape index (κ2) is 5.03. The molecule has 2 atom stereocenters. The standard InChI is InChI=1S/C13H26N2O/c1-4-15-7-5-12(6-8-15)13(3)14-9-11(2)10-16-13/h11-12,14H,4-10H2,1-3H3. The van der Waals surface area contributed by atoms with Crippen LogP contribution in [0.3, 0.4) is 0 Å². The van der Waals surface area contributed by atoms with Crippen LogP contribution in [0.4, 0.5) is 0 Å². The normalized spacial score (nSPS) is 38.8. The Balaban J connectivity index is 1.88. The van der Waals surface area contributed by atoms with Gasteiger partial charge in [0.2, 0.25) is 0 Å². The molecule has 0 amide bonds. The lowest BCUT2D eigenvalue weighted by molar-refractivity contribution is -0.145. The Morgan fingerprint density at radius 3 is 2.56 bits per heavy atom. The van der Waals surface area contributed by atoms with Crippen molar-refractivity contribution >= 4 is 0 Å². The highest BCUT2D eigenvalue weighted by atomic mass is 16.5. The van der Waals surface area contributed by atoms with E-state index in [-0.39, 0.29) is 5.72 Å². The molecule has 16 heavy (non-hydrogen) atoms. The Kier molecular flexibility index (Phi) is 3.88. The van der Waals surface area contributed by atoms with Gasteiger partial charge in [-0.25, -0.2) is 0 Å². The van der Waals surface area contributed by atoms with Crippen molar-refractivity contribution in [2.45, 2.75) is 39.3 Å². The van der Waals surface area contributed by atoms with Crippen LogP contribution in [0.5, 0.6) is 0 Å². The molecule has 0 aliphatic carbocycles. The molecule has 2 fully saturated rings. The van der Waals surface area contributed by atoms with Crippen molar-refractivity contribution < 1.29 is 4.74 Å². The largest absolute Gasteiger partial charge is 0.360 e. The van der Waals surface area contributed by atoms with Gasteiger partial charge in [-0.1, -0.05) is 13.8 Å². The summed E-state index contributed by atoms with van der Waals surface area (Å²) in [5.41, 5.74) is -0.0632. The molecule has 0 radical (unpaired) electrons. The van der Waals surface area contributed by atoms with Crippen molar-refractivity contribution in [3.8, 4) is 0 Å². The number of likely N-dealkylation sites (tertiary alicyclic amines) is 1. The summed E-state index contributed by atoms with van der Waals surface area (Å²) in [5.74, 6) is 1.34. The fourth-order valence-electron chi connectivity index (χ4n) is 2.86. The zero-order valence-corrected chi connectivity index (χ0v) is 11.0. The molecule has 0 bridgehead atoms. The average molecular weight is 226 g/mol. The second-order valence-electron chi connectivity index (χ2n) is 5.61. The van der Waals surface area contributed by atoms with Crippen LogP contribution in [-0.4, -0.2) is 43.4 Å². The fraction of sp³-hybridized carbons (Fsp3) is 1.00. The SMILES string of the molecule is CCN1CCC(C2(C)NCC(C)CO2)CC1. The van der Waals surface area contributed by atoms with Gasteiger partial charge in [-0.2, -0.15) is 0 Å². The molecule has 2 saturated heterocycles. The van der Waals surface area contributed by atoms with E-state index in [1.807, 2.05) is 0 Å². The van der Waals surface area contributed by atoms with Gasteiger partial charge in [0.15, 0.2) is 0 Å². The third-order valence-electron chi connectivity index (χ3n) is 4.28. The van der Waals surface area contributed by atoms with Crippen LogP contribution in [0.25, 0.3) is 0 Å². The van der Waals surface area contributed by atoms with E-state index in [0.29, 0.717) is 11.8 Å².